The van der Waals surface area contributed by atoms with E-state index in [0.29, 0.717) is 16.7 Å². The Balaban J connectivity index is 1.73. The SMILES string of the molecule is O=C(Nc1nncs1)c1cc(C2CC2)[nH]n1. The highest BCUT2D eigenvalue weighted by atomic mass is 32.1. The number of aromatic nitrogens is 4. The van der Waals surface area contributed by atoms with Gasteiger partial charge in [0.15, 0.2) is 5.69 Å². The number of amides is 1. The van der Waals surface area contributed by atoms with E-state index in [9.17, 15) is 4.79 Å². The van der Waals surface area contributed by atoms with Crippen LogP contribution >= 0.6 is 11.3 Å². The number of carbonyl (C=O) groups is 1. The van der Waals surface area contributed by atoms with Crippen LogP contribution in [-0.4, -0.2) is 26.3 Å². The predicted molar refractivity (Wildman–Crippen MR) is 58.4 cm³/mol. The molecule has 2 aromatic rings. The van der Waals surface area contributed by atoms with Crippen molar-refractivity contribution in [2.24, 2.45) is 0 Å². The summed E-state index contributed by atoms with van der Waals surface area (Å²) in [7, 11) is 0. The van der Waals surface area contributed by atoms with E-state index in [1.54, 1.807) is 11.6 Å². The number of nitrogens with one attached hydrogen (secondary N) is 2. The molecule has 0 radical (unpaired) electrons. The summed E-state index contributed by atoms with van der Waals surface area (Å²) >= 11 is 1.28. The van der Waals surface area contributed by atoms with Crippen molar-refractivity contribution in [1.82, 2.24) is 20.4 Å². The zero-order chi connectivity index (χ0) is 11.0. The summed E-state index contributed by atoms with van der Waals surface area (Å²) < 4.78 is 0. The molecule has 2 heterocycles. The van der Waals surface area contributed by atoms with Crippen molar-refractivity contribution in [3.05, 3.63) is 23.0 Å². The molecular weight excluding hydrogens is 226 g/mol. The molecule has 0 bridgehead atoms. The smallest absolute Gasteiger partial charge is 0.277 e. The first-order valence-electron chi connectivity index (χ1n) is 4.96. The Morgan fingerprint density at radius 2 is 2.44 bits per heavy atom. The molecule has 1 aliphatic carbocycles. The average molecular weight is 235 g/mol. The van der Waals surface area contributed by atoms with Crippen molar-refractivity contribution in [3.63, 3.8) is 0 Å². The summed E-state index contributed by atoms with van der Waals surface area (Å²) in [5, 5.41) is 17.4. The van der Waals surface area contributed by atoms with Crippen LogP contribution in [0.15, 0.2) is 11.6 Å². The van der Waals surface area contributed by atoms with Gasteiger partial charge in [0.25, 0.3) is 5.91 Å². The lowest BCUT2D eigenvalue weighted by atomic mass is 10.2. The molecule has 0 atom stereocenters. The Morgan fingerprint density at radius 3 is 3.12 bits per heavy atom. The maximum absolute atomic E-state index is 11.7. The van der Waals surface area contributed by atoms with Gasteiger partial charge >= 0.3 is 0 Å². The second kappa shape index (κ2) is 3.67. The van der Waals surface area contributed by atoms with E-state index < -0.39 is 0 Å². The first-order valence-corrected chi connectivity index (χ1v) is 5.84. The van der Waals surface area contributed by atoms with Crippen LogP contribution in [0.4, 0.5) is 5.13 Å². The molecule has 7 heteroatoms. The zero-order valence-corrected chi connectivity index (χ0v) is 9.12. The number of carbonyl (C=O) groups excluding carboxylic acids is 1. The van der Waals surface area contributed by atoms with E-state index in [1.807, 2.05) is 0 Å². The lowest BCUT2D eigenvalue weighted by Crippen LogP contribution is -2.12. The molecule has 2 aromatic heterocycles. The third kappa shape index (κ3) is 1.81. The third-order valence-electron chi connectivity index (χ3n) is 2.43. The molecule has 1 fully saturated rings. The van der Waals surface area contributed by atoms with Gasteiger partial charge in [-0.15, -0.1) is 10.2 Å². The fourth-order valence-electron chi connectivity index (χ4n) is 1.45. The molecule has 6 nitrogen and oxygen atoms in total. The second-order valence-electron chi connectivity index (χ2n) is 3.68. The van der Waals surface area contributed by atoms with Gasteiger partial charge in [0.2, 0.25) is 5.13 Å². The summed E-state index contributed by atoms with van der Waals surface area (Å²) in [6, 6.07) is 1.80. The van der Waals surface area contributed by atoms with Crippen molar-refractivity contribution in [1.29, 1.82) is 0 Å². The lowest BCUT2D eigenvalue weighted by Gasteiger charge is -1.95. The molecule has 0 aromatic carbocycles. The Hall–Kier alpha value is -1.76. The van der Waals surface area contributed by atoms with Gasteiger partial charge in [-0.25, -0.2) is 0 Å². The standard InChI is InChI=1S/C9H9N5OS/c15-8(11-9-14-10-4-16-9)7-3-6(12-13-7)5-1-2-5/h3-5H,1-2H2,(H,12,13)(H,11,14,15). The van der Waals surface area contributed by atoms with Gasteiger partial charge in [0.05, 0.1) is 0 Å². The molecule has 0 unspecified atom stereocenters. The summed E-state index contributed by atoms with van der Waals surface area (Å²) in [4.78, 5) is 11.7. The highest BCUT2D eigenvalue weighted by molar-refractivity contribution is 7.13. The van der Waals surface area contributed by atoms with Crippen LogP contribution in [0.2, 0.25) is 0 Å². The maximum atomic E-state index is 11.7. The summed E-state index contributed by atoms with van der Waals surface area (Å²) in [6.07, 6.45) is 2.36. The maximum Gasteiger partial charge on any atom is 0.277 e. The zero-order valence-electron chi connectivity index (χ0n) is 8.30. The van der Waals surface area contributed by atoms with Gasteiger partial charge in [-0.1, -0.05) is 11.3 Å². The van der Waals surface area contributed by atoms with Gasteiger partial charge in [0.1, 0.15) is 5.51 Å². The first-order chi connectivity index (χ1) is 7.83. The summed E-state index contributed by atoms with van der Waals surface area (Å²) in [6.45, 7) is 0. The third-order valence-corrected chi connectivity index (χ3v) is 3.03. The normalized spacial score (nSPS) is 15.0. The molecular formula is C9H9N5OS. The summed E-state index contributed by atoms with van der Waals surface area (Å²) in [5.41, 5.74) is 3.01. The number of anilines is 1. The highest BCUT2D eigenvalue weighted by Crippen LogP contribution is 2.38. The fraction of sp³-hybridized carbons (Fsp3) is 0.333. The van der Waals surface area contributed by atoms with Crippen molar-refractivity contribution in [2.75, 3.05) is 5.32 Å². The van der Waals surface area contributed by atoms with E-state index in [2.05, 4.69) is 25.7 Å². The Kier molecular flexibility index (Phi) is 2.17. The quantitative estimate of drug-likeness (QED) is 0.842. The lowest BCUT2D eigenvalue weighted by molar-refractivity contribution is 0.102. The first kappa shape index (κ1) is 9.46. The Labute approximate surface area is 95.1 Å². The molecule has 0 saturated heterocycles. The predicted octanol–water partition coefficient (Wildman–Crippen LogP) is 1.39. The van der Waals surface area contributed by atoms with Crippen LogP contribution in [-0.2, 0) is 0 Å². The van der Waals surface area contributed by atoms with Crippen LogP contribution in [0.5, 0.6) is 0 Å². The van der Waals surface area contributed by atoms with Gasteiger partial charge < -0.3 is 0 Å². The Morgan fingerprint density at radius 1 is 1.56 bits per heavy atom. The van der Waals surface area contributed by atoms with Crippen molar-refractivity contribution in [3.8, 4) is 0 Å². The minimum absolute atomic E-state index is 0.250. The van der Waals surface area contributed by atoms with E-state index in [1.165, 1.54) is 24.2 Å². The van der Waals surface area contributed by atoms with Crippen LogP contribution in [0.25, 0.3) is 0 Å². The molecule has 3 rings (SSSR count). The topological polar surface area (TPSA) is 83.6 Å². The van der Waals surface area contributed by atoms with E-state index in [4.69, 9.17) is 0 Å². The highest BCUT2D eigenvalue weighted by Gasteiger charge is 2.26. The average Bonchev–Trinajstić information content (AvgIpc) is 2.82. The molecule has 1 aliphatic rings. The molecule has 1 saturated carbocycles. The molecule has 82 valence electrons. The molecule has 0 aliphatic heterocycles. The Bertz CT molecular complexity index is 502. The van der Waals surface area contributed by atoms with Gasteiger partial charge in [0, 0.05) is 11.6 Å². The van der Waals surface area contributed by atoms with Gasteiger partial charge in [-0.3, -0.25) is 15.2 Å². The van der Waals surface area contributed by atoms with Crippen LogP contribution in [0, 0.1) is 0 Å². The van der Waals surface area contributed by atoms with Crippen LogP contribution < -0.4 is 5.32 Å². The van der Waals surface area contributed by atoms with Crippen LogP contribution in [0.1, 0.15) is 34.9 Å². The fourth-order valence-corrected chi connectivity index (χ4v) is 1.89. The number of hydrogen-bond acceptors (Lipinski definition) is 5. The molecule has 2 N–H and O–H groups in total. The number of nitrogens with zero attached hydrogens (tertiary/aromatic N) is 3. The van der Waals surface area contributed by atoms with E-state index in [-0.39, 0.29) is 5.91 Å². The van der Waals surface area contributed by atoms with Crippen LogP contribution in [0.3, 0.4) is 0 Å². The van der Waals surface area contributed by atoms with Gasteiger partial charge in [-0.2, -0.15) is 5.10 Å². The van der Waals surface area contributed by atoms with E-state index >= 15 is 0 Å². The second-order valence-corrected chi connectivity index (χ2v) is 4.51. The minimum Gasteiger partial charge on any atom is -0.295 e. The number of aromatic amines is 1. The molecule has 16 heavy (non-hydrogen) atoms. The van der Waals surface area contributed by atoms with Crippen molar-refractivity contribution < 1.29 is 4.79 Å². The largest absolute Gasteiger partial charge is 0.295 e. The van der Waals surface area contributed by atoms with Gasteiger partial charge in [-0.05, 0) is 18.9 Å². The minimum atomic E-state index is -0.250. The van der Waals surface area contributed by atoms with E-state index in [0.717, 1.165) is 5.69 Å². The van der Waals surface area contributed by atoms with Crippen molar-refractivity contribution >= 4 is 22.4 Å². The number of rotatable bonds is 3. The number of hydrogen-bond donors (Lipinski definition) is 2. The number of H-pyrrole nitrogens is 1. The van der Waals surface area contributed by atoms with Crippen molar-refractivity contribution in [2.45, 2.75) is 18.8 Å². The molecule has 1 amide bonds. The monoisotopic (exact) mass is 235 g/mol. The summed E-state index contributed by atoms with van der Waals surface area (Å²) in [5.74, 6) is 0.315. The molecule has 0 spiro atoms.